The van der Waals surface area contributed by atoms with Gasteiger partial charge in [0.15, 0.2) is 0 Å². The quantitative estimate of drug-likeness (QED) is 0.458. The molecule has 1 heterocycles. The third-order valence-electron chi connectivity index (χ3n) is 4.84. The molecule has 0 radical (unpaired) electrons. The Hall–Kier alpha value is -1.78. The van der Waals surface area contributed by atoms with Crippen molar-refractivity contribution in [3.05, 3.63) is 96.1 Å². The molecule has 1 saturated heterocycles. The molecule has 0 saturated carbocycles. The van der Waals surface area contributed by atoms with Gasteiger partial charge in [-0.05, 0) is 30.1 Å². The fourth-order valence-corrected chi connectivity index (χ4v) is 7.34. The Kier molecular flexibility index (Phi) is 3.64. The van der Waals surface area contributed by atoms with Gasteiger partial charge in [0.25, 0.3) is 0 Å². The maximum atomic E-state index is 2.33. The summed E-state index contributed by atoms with van der Waals surface area (Å²) in [7, 11) is -0.203. The summed E-state index contributed by atoms with van der Waals surface area (Å²) in [5, 5.41) is 1.74. The highest BCUT2D eigenvalue weighted by Crippen LogP contribution is 2.66. The van der Waals surface area contributed by atoms with E-state index in [2.05, 4.69) is 84.9 Å². The minimum Gasteiger partial charge on any atom is -0.206 e. The first-order valence-corrected chi connectivity index (χ1v) is 9.54. The predicted octanol–water partition coefficient (Wildman–Crippen LogP) is 5.25. The number of benzene rings is 2. The van der Waals surface area contributed by atoms with Gasteiger partial charge in [0.05, 0.1) is 0 Å². The van der Waals surface area contributed by atoms with E-state index in [4.69, 9.17) is 0 Å². The summed E-state index contributed by atoms with van der Waals surface area (Å²) in [6.07, 6.45) is 3.92. The lowest BCUT2D eigenvalue weighted by molar-refractivity contribution is 0.680. The highest BCUT2D eigenvalue weighted by atomic mass is 31.1. The van der Waals surface area contributed by atoms with Crippen molar-refractivity contribution in [1.82, 2.24) is 0 Å². The maximum absolute atomic E-state index is 2.33. The minimum absolute atomic E-state index is 0.187. The van der Waals surface area contributed by atoms with E-state index >= 15 is 0 Å². The molecule has 0 amide bonds. The van der Waals surface area contributed by atoms with E-state index in [1.807, 2.05) is 0 Å². The van der Waals surface area contributed by atoms with Gasteiger partial charge in [-0.15, -0.1) is 7.92 Å². The number of hydrogen-bond acceptors (Lipinski definition) is 0. The maximum Gasteiger partial charge on any atom is 0.0325 e. The van der Waals surface area contributed by atoms with Crippen LogP contribution in [0.15, 0.2) is 84.9 Å². The zero-order chi connectivity index (χ0) is 14.8. The molecule has 3 aromatic rings. The van der Waals surface area contributed by atoms with Gasteiger partial charge in [-0.1, -0.05) is 60.7 Å². The zero-order valence-corrected chi connectivity index (χ0v) is 13.5. The second-order valence-electron chi connectivity index (χ2n) is 5.99. The molecule has 4 rings (SSSR count). The van der Waals surface area contributed by atoms with Gasteiger partial charge in [-0.2, -0.15) is 23.5 Å². The van der Waals surface area contributed by atoms with Crippen LogP contribution in [-0.4, -0.2) is 6.16 Å². The first-order valence-electron chi connectivity index (χ1n) is 8.02. The van der Waals surface area contributed by atoms with E-state index in [1.165, 1.54) is 30.1 Å². The third kappa shape index (κ3) is 2.14. The summed E-state index contributed by atoms with van der Waals surface area (Å²) in [4.78, 5) is 0. The monoisotopic (exact) mass is 303 g/mol. The van der Waals surface area contributed by atoms with Gasteiger partial charge in [0, 0.05) is 5.16 Å². The van der Waals surface area contributed by atoms with E-state index in [-0.39, 0.29) is 13.1 Å². The molecule has 0 nitrogen and oxygen atoms in total. The highest BCUT2D eigenvalue weighted by Gasteiger charge is 2.43. The molecule has 3 aromatic carbocycles. The molecule has 0 spiro atoms. The molecule has 1 aliphatic rings. The topological polar surface area (TPSA) is 0 Å². The van der Waals surface area contributed by atoms with Crippen molar-refractivity contribution in [1.29, 1.82) is 0 Å². The largest absolute Gasteiger partial charge is 0.206 e. The van der Waals surface area contributed by atoms with E-state index in [9.17, 15) is 0 Å². The summed E-state index contributed by atoms with van der Waals surface area (Å²) >= 11 is 0. The van der Waals surface area contributed by atoms with Crippen LogP contribution in [0.2, 0.25) is 0 Å². The van der Waals surface area contributed by atoms with Gasteiger partial charge in [-0.3, -0.25) is 0 Å². The Balaban J connectivity index is 1.93. The van der Waals surface area contributed by atoms with Crippen LogP contribution in [0.4, 0.5) is 0 Å². The molecule has 110 valence electrons. The second kappa shape index (κ2) is 5.78. The Morgan fingerprint density at radius 3 is 2.00 bits per heavy atom. The van der Waals surface area contributed by atoms with Crippen molar-refractivity contribution in [2.24, 2.45) is 0 Å². The molecule has 0 N–H and O–H groups in total. The summed E-state index contributed by atoms with van der Waals surface area (Å²) in [6.45, 7) is 0. The first-order chi connectivity index (χ1) is 10.9. The Morgan fingerprint density at radius 1 is 0.818 bits per heavy atom. The average molecular weight is 303 g/mol. The highest BCUT2D eigenvalue weighted by molar-refractivity contribution is 7.67. The summed E-state index contributed by atoms with van der Waals surface area (Å²) in [5.74, 6) is 0. The summed E-state index contributed by atoms with van der Waals surface area (Å²) in [6, 6.07) is 31.4. The van der Waals surface area contributed by atoms with Crippen molar-refractivity contribution in [3.8, 4) is 0 Å². The molecule has 1 unspecified atom stereocenters. The molecule has 0 aliphatic carbocycles. The van der Waals surface area contributed by atoms with E-state index < -0.39 is 0 Å². The van der Waals surface area contributed by atoms with Crippen molar-refractivity contribution in [2.75, 3.05) is 6.16 Å². The predicted molar refractivity (Wildman–Crippen MR) is 96.4 cm³/mol. The molecule has 0 bridgehead atoms. The zero-order valence-electron chi connectivity index (χ0n) is 12.7. The summed E-state index contributed by atoms with van der Waals surface area (Å²) < 4.78 is 0. The minimum atomic E-state index is -0.203. The van der Waals surface area contributed by atoms with Crippen LogP contribution in [0, 0.1) is 0 Å². The lowest BCUT2D eigenvalue weighted by Gasteiger charge is -2.40. The molecular weight excluding hydrogens is 283 g/mol. The molecule has 1 heteroatoms. The molecule has 1 fully saturated rings. The normalized spacial score (nSPS) is 20.1. The molecule has 0 aromatic heterocycles. The van der Waals surface area contributed by atoms with Crippen molar-refractivity contribution in [3.63, 3.8) is 0 Å². The summed E-state index contributed by atoms with van der Waals surface area (Å²) in [5.41, 5.74) is 2.98. The van der Waals surface area contributed by atoms with Gasteiger partial charge in [0.2, 0.25) is 0 Å². The Bertz CT molecular complexity index is 674. The van der Waals surface area contributed by atoms with Crippen LogP contribution in [0.3, 0.4) is 0 Å². The third-order valence-corrected chi connectivity index (χ3v) is 8.19. The average Bonchev–Trinajstić information content (AvgIpc) is 3.26. The van der Waals surface area contributed by atoms with Gasteiger partial charge in [0.1, 0.15) is 0 Å². The van der Waals surface area contributed by atoms with Gasteiger partial charge < -0.3 is 0 Å². The smallest absolute Gasteiger partial charge is 0.0325 e. The van der Waals surface area contributed by atoms with Crippen LogP contribution < -0.4 is 5.30 Å². The van der Waals surface area contributed by atoms with Crippen LogP contribution in [0.1, 0.15) is 24.0 Å². The van der Waals surface area contributed by atoms with E-state index in [0.29, 0.717) is 0 Å². The van der Waals surface area contributed by atoms with Gasteiger partial charge in [-0.25, -0.2) is 6.07 Å². The molecule has 1 aliphatic heterocycles. The lowest BCUT2D eigenvalue weighted by Crippen LogP contribution is -2.25. The lowest BCUT2D eigenvalue weighted by atomic mass is 9.87. The van der Waals surface area contributed by atoms with Crippen LogP contribution in [0.5, 0.6) is 0 Å². The van der Waals surface area contributed by atoms with Crippen molar-refractivity contribution >= 4 is 13.2 Å². The number of hydrogen-bond donors (Lipinski definition) is 0. The Morgan fingerprint density at radius 2 is 1.45 bits per heavy atom. The second-order valence-corrected chi connectivity index (χ2v) is 8.57. The van der Waals surface area contributed by atoms with Crippen LogP contribution >= 0.6 is 7.92 Å². The van der Waals surface area contributed by atoms with E-state index in [1.54, 1.807) is 5.30 Å². The fraction of sp³-hybridized carbons (Fsp3) is 0.190. The first kappa shape index (κ1) is 13.9. The van der Waals surface area contributed by atoms with Crippen molar-refractivity contribution in [2.45, 2.75) is 18.0 Å². The van der Waals surface area contributed by atoms with Crippen LogP contribution in [0.25, 0.3) is 0 Å². The molecule has 1 atom stereocenters. The van der Waals surface area contributed by atoms with Gasteiger partial charge >= 0.3 is 0 Å². The standard InChI is InChI=1S/C21H20P/c1-3-10-18(11-4-1)21(19-12-5-2-6-13-19)16-9-17-22(21)20-14-7-8-15-20/h1-8,10-15H,9,16-17H2/q-1. The van der Waals surface area contributed by atoms with E-state index in [0.717, 1.165) is 0 Å². The van der Waals surface area contributed by atoms with Crippen LogP contribution in [-0.2, 0) is 5.16 Å². The SMILES string of the molecule is c1ccc(C2(c3ccccc3)CCCP2c2cc[cH-]c2)cc1. The molecule has 22 heavy (non-hydrogen) atoms. The van der Waals surface area contributed by atoms with Crippen molar-refractivity contribution < 1.29 is 0 Å². The molecular formula is C21H20P-. The fourth-order valence-electron chi connectivity index (χ4n) is 3.91. The number of rotatable bonds is 3. The Labute approximate surface area is 133 Å².